The Kier molecular flexibility index (Phi) is 3.56. The van der Waals surface area contributed by atoms with E-state index in [1.807, 2.05) is 4.98 Å². The first-order valence-corrected chi connectivity index (χ1v) is 5.48. The van der Waals surface area contributed by atoms with Crippen molar-refractivity contribution in [1.82, 2.24) is 9.97 Å². The van der Waals surface area contributed by atoms with E-state index in [2.05, 4.69) is 4.98 Å². The predicted molar refractivity (Wildman–Crippen MR) is 60.3 cm³/mol. The summed E-state index contributed by atoms with van der Waals surface area (Å²) in [6, 6.07) is 0. The fourth-order valence-electron chi connectivity index (χ4n) is 2.05. The standard InChI is InChI=1S/C10H14N2O7/c1-18-10(17)6(14)5(3-13)19-7(10)4-2-11-9(16)12-8(4)15/h2,5-7,13-14,17H,3H2,1H3,(H2,11,12,15,16)/t5-,6-,7+,10+/m1/s1. The Balaban J connectivity index is 2.48. The maximum atomic E-state index is 11.7. The van der Waals surface area contributed by atoms with Gasteiger partial charge >= 0.3 is 5.69 Å². The molecule has 1 fully saturated rings. The lowest BCUT2D eigenvalue weighted by Crippen LogP contribution is -2.48. The van der Waals surface area contributed by atoms with Crippen molar-refractivity contribution >= 4 is 0 Å². The fraction of sp³-hybridized carbons (Fsp3) is 0.600. The highest BCUT2D eigenvalue weighted by Gasteiger charge is 2.57. The molecule has 0 aromatic carbocycles. The van der Waals surface area contributed by atoms with Gasteiger partial charge in [-0.15, -0.1) is 0 Å². The highest BCUT2D eigenvalue weighted by atomic mass is 16.7. The highest BCUT2D eigenvalue weighted by molar-refractivity contribution is 5.16. The van der Waals surface area contributed by atoms with E-state index in [9.17, 15) is 19.8 Å². The molecule has 2 heterocycles. The van der Waals surface area contributed by atoms with Crippen molar-refractivity contribution in [2.45, 2.75) is 24.1 Å². The molecule has 0 spiro atoms. The molecule has 0 unspecified atom stereocenters. The number of ether oxygens (including phenoxy) is 2. The molecule has 1 aliphatic rings. The number of hydrogen-bond acceptors (Lipinski definition) is 7. The first-order valence-electron chi connectivity index (χ1n) is 5.48. The maximum Gasteiger partial charge on any atom is 0.325 e. The first-order chi connectivity index (χ1) is 8.93. The van der Waals surface area contributed by atoms with Crippen LogP contribution in [0.3, 0.4) is 0 Å². The van der Waals surface area contributed by atoms with Gasteiger partial charge in [0.25, 0.3) is 5.56 Å². The van der Waals surface area contributed by atoms with E-state index in [1.165, 1.54) is 0 Å². The van der Waals surface area contributed by atoms with Crippen LogP contribution in [0.2, 0.25) is 0 Å². The summed E-state index contributed by atoms with van der Waals surface area (Å²) in [5, 5.41) is 29.1. The molecular weight excluding hydrogens is 260 g/mol. The molecule has 9 heteroatoms. The van der Waals surface area contributed by atoms with Gasteiger partial charge in [-0.1, -0.05) is 0 Å². The van der Waals surface area contributed by atoms with Gasteiger partial charge in [0.05, 0.1) is 12.2 Å². The lowest BCUT2D eigenvalue weighted by atomic mass is 9.99. The highest BCUT2D eigenvalue weighted by Crippen LogP contribution is 2.40. The minimum Gasteiger partial charge on any atom is -0.394 e. The number of H-pyrrole nitrogens is 2. The third-order valence-corrected chi connectivity index (χ3v) is 3.10. The average molecular weight is 274 g/mol. The second-order valence-corrected chi connectivity index (χ2v) is 4.17. The van der Waals surface area contributed by atoms with Gasteiger partial charge in [-0.05, 0) is 0 Å². The zero-order valence-corrected chi connectivity index (χ0v) is 9.99. The number of aliphatic hydroxyl groups excluding tert-OH is 2. The maximum absolute atomic E-state index is 11.7. The van der Waals surface area contributed by atoms with Crippen molar-refractivity contribution in [3.05, 3.63) is 32.6 Å². The van der Waals surface area contributed by atoms with Crippen LogP contribution in [0.15, 0.2) is 15.8 Å². The molecule has 2 rings (SSSR count). The van der Waals surface area contributed by atoms with Crippen LogP contribution in [0.1, 0.15) is 11.7 Å². The summed E-state index contributed by atoms with van der Waals surface area (Å²) in [6.07, 6.45) is -2.94. The van der Waals surface area contributed by atoms with Crippen molar-refractivity contribution in [3.8, 4) is 0 Å². The van der Waals surface area contributed by atoms with E-state index in [-0.39, 0.29) is 5.56 Å². The van der Waals surface area contributed by atoms with Crippen molar-refractivity contribution < 1.29 is 24.8 Å². The third-order valence-electron chi connectivity index (χ3n) is 3.10. The fourth-order valence-corrected chi connectivity index (χ4v) is 2.05. The number of aliphatic hydroxyl groups is 3. The van der Waals surface area contributed by atoms with E-state index in [0.29, 0.717) is 0 Å². The van der Waals surface area contributed by atoms with Crippen LogP contribution in [-0.4, -0.2) is 57.0 Å². The zero-order chi connectivity index (χ0) is 14.2. The van der Waals surface area contributed by atoms with E-state index in [0.717, 1.165) is 13.3 Å². The number of nitrogens with one attached hydrogen (secondary N) is 2. The number of aromatic nitrogens is 2. The van der Waals surface area contributed by atoms with Gasteiger partial charge in [-0.3, -0.25) is 9.78 Å². The quantitative estimate of drug-likeness (QED) is 0.374. The van der Waals surface area contributed by atoms with E-state index < -0.39 is 42.0 Å². The Hall–Kier alpha value is -1.52. The van der Waals surface area contributed by atoms with E-state index in [4.69, 9.17) is 14.6 Å². The minimum absolute atomic E-state index is 0.126. The van der Waals surface area contributed by atoms with Gasteiger partial charge in [0.1, 0.15) is 18.3 Å². The van der Waals surface area contributed by atoms with Crippen LogP contribution in [0.25, 0.3) is 0 Å². The molecule has 1 aromatic heterocycles. The average Bonchev–Trinajstić information content (AvgIpc) is 2.63. The van der Waals surface area contributed by atoms with Crippen molar-refractivity contribution in [1.29, 1.82) is 0 Å². The van der Waals surface area contributed by atoms with E-state index >= 15 is 0 Å². The molecule has 0 radical (unpaired) electrons. The third kappa shape index (κ3) is 2.11. The van der Waals surface area contributed by atoms with Gasteiger partial charge in [-0.25, -0.2) is 4.79 Å². The summed E-state index contributed by atoms with van der Waals surface area (Å²) in [4.78, 5) is 26.8. The van der Waals surface area contributed by atoms with Crippen LogP contribution in [0.5, 0.6) is 0 Å². The number of methoxy groups -OCH3 is 1. The second-order valence-electron chi connectivity index (χ2n) is 4.17. The number of aromatic amines is 2. The summed E-state index contributed by atoms with van der Waals surface area (Å²) in [6.45, 7) is -0.565. The molecule has 1 saturated heterocycles. The molecule has 9 nitrogen and oxygen atoms in total. The van der Waals surface area contributed by atoms with Gasteiger partial charge in [-0.2, -0.15) is 0 Å². The van der Waals surface area contributed by atoms with Crippen LogP contribution in [-0.2, 0) is 9.47 Å². The molecule has 0 bridgehead atoms. The van der Waals surface area contributed by atoms with Gasteiger partial charge in [0.2, 0.25) is 5.79 Å². The normalized spacial score (nSPS) is 34.6. The smallest absolute Gasteiger partial charge is 0.325 e. The van der Waals surface area contributed by atoms with E-state index in [1.54, 1.807) is 0 Å². The summed E-state index contributed by atoms with van der Waals surface area (Å²) in [5.74, 6) is -2.20. The SMILES string of the molecule is CO[C@@]1(O)[C@H](O)[C@@H](CO)O[C@H]1c1c[nH]c(=O)[nH]c1=O. The molecule has 19 heavy (non-hydrogen) atoms. The number of rotatable bonds is 3. The van der Waals surface area contributed by atoms with Gasteiger partial charge in [0.15, 0.2) is 0 Å². The van der Waals surface area contributed by atoms with Crippen LogP contribution in [0.4, 0.5) is 0 Å². The van der Waals surface area contributed by atoms with Crippen LogP contribution >= 0.6 is 0 Å². The van der Waals surface area contributed by atoms with Gasteiger partial charge in [0, 0.05) is 13.3 Å². The number of hydrogen-bond donors (Lipinski definition) is 5. The Bertz CT molecular complexity index is 567. The molecule has 4 atom stereocenters. The van der Waals surface area contributed by atoms with Gasteiger partial charge < -0.3 is 29.8 Å². The lowest BCUT2D eigenvalue weighted by Gasteiger charge is -2.28. The Morgan fingerprint density at radius 3 is 2.74 bits per heavy atom. The summed E-state index contributed by atoms with van der Waals surface area (Å²) in [7, 11) is 1.12. The topological polar surface area (TPSA) is 145 Å². The molecule has 0 amide bonds. The molecule has 1 aromatic rings. The first kappa shape index (κ1) is 13.9. The lowest BCUT2D eigenvalue weighted by molar-refractivity contribution is -0.249. The minimum atomic E-state index is -2.20. The van der Waals surface area contributed by atoms with Crippen molar-refractivity contribution in [2.24, 2.45) is 0 Å². The summed E-state index contributed by atoms with van der Waals surface area (Å²) in [5.41, 5.74) is -1.62. The zero-order valence-electron chi connectivity index (χ0n) is 9.99. The molecule has 0 saturated carbocycles. The molecular formula is C10H14N2O7. The monoisotopic (exact) mass is 274 g/mol. The van der Waals surface area contributed by atoms with Crippen LogP contribution < -0.4 is 11.2 Å². The van der Waals surface area contributed by atoms with Crippen LogP contribution in [0, 0.1) is 0 Å². The largest absolute Gasteiger partial charge is 0.394 e. The molecule has 1 aliphatic heterocycles. The Morgan fingerprint density at radius 2 is 2.21 bits per heavy atom. The van der Waals surface area contributed by atoms with Crippen molar-refractivity contribution in [2.75, 3.05) is 13.7 Å². The summed E-state index contributed by atoms with van der Waals surface area (Å²) >= 11 is 0. The Labute approximate surface area is 106 Å². The Morgan fingerprint density at radius 1 is 1.53 bits per heavy atom. The summed E-state index contributed by atoms with van der Waals surface area (Å²) < 4.78 is 10.0. The second kappa shape index (κ2) is 4.87. The predicted octanol–water partition coefficient (Wildman–Crippen LogP) is -2.81. The molecule has 106 valence electrons. The molecule has 0 aliphatic carbocycles. The molecule has 5 N–H and O–H groups in total. The van der Waals surface area contributed by atoms with Crippen molar-refractivity contribution in [3.63, 3.8) is 0 Å².